The number of rotatable bonds is 4. The summed E-state index contributed by atoms with van der Waals surface area (Å²) in [4.78, 5) is 10.8. The zero-order valence-electron chi connectivity index (χ0n) is 8.36. The third-order valence-corrected chi connectivity index (χ3v) is 1.93. The van der Waals surface area contributed by atoms with E-state index in [0.29, 0.717) is 0 Å². The molecule has 0 bridgehead atoms. The van der Waals surface area contributed by atoms with Crippen LogP contribution in [0, 0.1) is 5.82 Å². The molecule has 0 amide bonds. The van der Waals surface area contributed by atoms with Crippen LogP contribution in [0.25, 0.3) is 0 Å². The maximum absolute atomic E-state index is 12.9. The Morgan fingerprint density at radius 3 is 2.60 bits per heavy atom. The molecule has 15 heavy (non-hydrogen) atoms. The molecule has 82 valence electrons. The Kier molecular flexibility index (Phi) is 3.62. The summed E-state index contributed by atoms with van der Waals surface area (Å²) in [6.45, 7) is 0. The predicted octanol–water partition coefficient (Wildman–Crippen LogP) is 1.61. The van der Waals surface area contributed by atoms with Crippen LogP contribution in [0.4, 0.5) is 4.39 Å². The minimum Gasteiger partial charge on any atom is -0.496 e. The molecule has 0 heterocycles. The summed E-state index contributed by atoms with van der Waals surface area (Å²) < 4.78 is 22.6. The first-order valence-corrected chi connectivity index (χ1v) is 4.19. The number of hydrogen-bond donors (Lipinski definition) is 1. The summed E-state index contributed by atoms with van der Waals surface area (Å²) in [7, 11) is 2.62. The molecule has 4 nitrogen and oxygen atoms in total. The van der Waals surface area contributed by atoms with Gasteiger partial charge in [-0.2, -0.15) is 0 Å². The highest BCUT2D eigenvalue weighted by atomic mass is 19.1. The van der Waals surface area contributed by atoms with Crippen molar-refractivity contribution in [2.24, 2.45) is 0 Å². The van der Waals surface area contributed by atoms with Gasteiger partial charge in [0.2, 0.25) is 0 Å². The second-order valence-electron chi connectivity index (χ2n) is 2.84. The molecule has 0 aromatic heterocycles. The molecule has 0 aliphatic carbocycles. The van der Waals surface area contributed by atoms with Crippen LogP contribution in [0.15, 0.2) is 18.2 Å². The van der Waals surface area contributed by atoms with E-state index in [1.54, 1.807) is 0 Å². The topological polar surface area (TPSA) is 55.8 Å². The van der Waals surface area contributed by atoms with Crippen molar-refractivity contribution in [2.45, 2.75) is 6.10 Å². The van der Waals surface area contributed by atoms with Crippen LogP contribution in [0.3, 0.4) is 0 Å². The molecule has 0 fully saturated rings. The lowest BCUT2D eigenvalue weighted by atomic mass is 10.1. The number of carbonyl (C=O) groups is 1. The predicted molar refractivity (Wildman–Crippen MR) is 50.3 cm³/mol. The largest absolute Gasteiger partial charge is 0.496 e. The molecule has 1 N–H and O–H groups in total. The fourth-order valence-electron chi connectivity index (χ4n) is 1.27. The van der Waals surface area contributed by atoms with Crippen LogP contribution >= 0.6 is 0 Å². The number of methoxy groups -OCH3 is 2. The van der Waals surface area contributed by atoms with Gasteiger partial charge in [-0.3, -0.25) is 0 Å². The highest BCUT2D eigenvalue weighted by Gasteiger charge is 2.23. The average Bonchev–Trinajstić information content (AvgIpc) is 2.18. The van der Waals surface area contributed by atoms with Crippen LogP contribution < -0.4 is 4.74 Å². The maximum Gasteiger partial charge on any atom is 0.337 e. The zero-order chi connectivity index (χ0) is 11.4. The van der Waals surface area contributed by atoms with Crippen LogP contribution in [0.5, 0.6) is 5.75 Å². The molecule has 0 radical (unpaired) electrons. The summed E-state index contributed by atoms with van der Waals surface area (Å²) in [6, 6.07) is 3.64. The lowest BCUT2D eigenvalue weighted by Crippen LogP contribution is -2.14. The molecule has 0 saturated heterocycles. The van der Waals surface area contributed by atoms with Crippen LogP contribution in [0.1, 0.15) is 11.7 Å². The number of hydrogen-bond acceptors (Lipinski definition) is 3. The summed E-state index contributed by atoms with van der Waals surface area (Å²) in [5.41, 5.74) is 0.160. The SMILES string of the molecule is COc1ccc(F)cc1C(OC)C(=O)O. The minimum atomic E-state index is -1.23. The van der Waals surface area contributed by atoms with Gasteiger partial charge in [0.25, 0.3) is 0 Å². The van der Waals surface area contributed by atoms with Gasteiger partial charge in [-0.25, -0.2) is 9.18 Å². The number of benzene rings is 1. The number of carboxylic acid groups (broad SMARTS) is 1. The van der Waals surface area contributed by atoms with Gasteiger partial charge in [-0.1, -0.05) is 0 Å². The summed E-state index contributed by atoms with van der Waals surface area (Å²) in [6.07, 6.45) is -1.23. The molecule has 1 aromatic carbocycles. The van der Waals surface area contributed by atoms with Crippen LogP contribution in [0.2, 0.25) is 0 Å². The lowest BCUT2D eigenvalue weighted by Gasteiger charge is -2.14. The van der Waals surface area contributed by atoms with Gasteiger partial charge in [0, 0.05) is 12.7 Å². The molecule has 1 atom stereocenters. The first-order chi connectivity index (χ1) is 7.10. The van der Waals surface area contributed by atoms with Crippen molar-refractivity contribution in [2.75, 3.05) is 14.2 Å². The monoisotopic (exact) mass is 214 g/mol. The van der Waals surface area contributed by atoms with E-state index in [1.165, 1.54) is 26.4 Å². The lowest BCUT2D eigenvalue weighted by molar-refractivity contribution is -0.149. The van der Waals surface area contributed by atoms with Crippen LogP contribution in [-0.4, -0.2) is 25.3 Å². The minimum absolute atomic E-state index is 0.160. The summed E-state index contributed by atoms with van der Waals surface area (Å²) in [5, 5.41) is 8.83. The first-order valence-electron chi connectivity index (χ1n) is 4.19. The first kappa shape index (κ1) is 11.5. The quantitative estimate of drug-likeness (QED) is 0.827. The smallest absolute Gasteiger partial charge is 0.337 e. The van der Waals surface area contributed by atoms with Gasteiger partial charge >= 0.3 is 5.97 Å². The number of ether oxygens (including phenoxy) is 2. The van der Waals surface area contributed by atoms with Crippen LogP contribution in [-0.2, 0) is 9.53 Å². The Hall–Kier alpha value is -1.62. The van der Waals surface area contributed by atoms with Gasteiger partial charge in [0.05, 0.1) is 7.11 Å². The fraction of sp³-hybridized carbons (Fsp3) is 0.300. The van der Waals surface area contributed by atoms with E-state index >= 15 is 0 Å². The van der Waals surface area contributed by atoms with Crippen molar-refractivity contribution >= 4 is 5.97 Å². The van der Waals surface area contributed by atoms with E-state index < -0.39 is 17.9 Å². The highest BCUT2D eigenvalue weighted by molar-refractivity contribution is 5.75. The third-order valence-electron chi connectivity index (χ3n) is 1.93. The molecular formula is C10H11FO4. The van der Waals surface area contributed by atoms with E-state index in [-0.39, 0.29) is 11.3 Å². The van der Waals surface area contributed by atoms with Crippen molar-refractivity contribution in [3.63, 3.8) is 0 Å². The Morgan fingerprint density at radius 1 is 1.47 bits per heavy atom. The Labute approximate surface area is 86.2 Å². The molecule has 1 rings (SSSR count). The highest BCUT2D eigenvalue weighted by Crippen LogP contribution is 2.28. The van der Waals surface area contributed by atoms with Gasteiger partial charge in [0.1, 0.15) is 11.6 Å². The Balaban J connectivity index is 3.19. The standard InChI is InChI=1S/C10H11FO4/c1-14-8-4-3-6(11)5-7(8)9(15-2)10(12)13/h3-5,9H,1-2H3,(H,12,13). The van der Waals surface area contributed by atoms with Gasteiger partial charge in [-0.05, 0) is 18.2 Å². The van der Waals surface area contributed by atoms with Crippen molar-refractivity contribution < 1.29 is 23.8 Å². The van der Waals surface area contributed by atoms with Crippen molar-refractivity contribution in [1.82, 2.24) is 0 Å². The van der Waals surface area contributed by atoms with E-state index in [0.717, 1.165) is 6.07 Å². The number of carboxylic acids is 1. The van der Waals surface area contributed by atoms with Crippen molar-refractivity contribution in [1.29, 1.82) is 0 Å². The Morgan fingerprint density at radius 2 is 2.13 bits per heavy atom. The van der Waals surface area contributed by atoms with Crippen molar-refractivity contribution in [3.05, 3.63) is 29.6 Å². The maximum atomic E-state index is 12.9. The molecule has 5 heteroatoms. The second kappa shape index (κ2) is 4.75. The third kappa shape index (κ3) is 2.44. The van der Waals surface area contributed by atoms with E-state index in [9.17, 15) is 9.18 Å². The molecule has 0 saturated carbocycles. The summed E-state index contributed by atoms with van der Waals surface area (Å²) in [5.74, 6) is -1.44. The molecule has 0 aliphatic heterocycles. The van der Waals surface area contributed by atoms with Gasteiger partial charge in [-0.15, -0.1) is 0 Å². The van der Waals surface area contributed by atoms with E-state index in [1.807, 2.05) is 0 Å². The van der Waals surface area contributed by atoms with E-state index in [4.69, 9.17) is 14.6 Å². The van der Waals surface area contributed by atoms with E-state index in [2.05, 4.69) is 0 Å². The van der Waals surface area contributed by atoms with Gasteiger partial charge in [0.15, 0.2) is 6.10 Å². The molecule has 1 unspecified atom stereocenters. The molecule has 1 aromatic rings. The summed E-state index contributed by atoms with van der Waals surface area (Å²) >= 11 is 0. The zero-order valence-corrected chi connectivity index (χ0v) is 8.36. The Bertz CT molecular complexity index is 364. The average molecular weight is 214 g/mol. The van der Waals surface area contributed by atoms with Crippen molar-refractivity contribution in [3.8, 4) is 5.75 Å². The second-order valence-corrected chi connectivity index (χ2v) is 2.84. The number of aliphatic carboxylic acids is 1. The number of halogens is 1. The fourth-order valence-corrected chi connectivity index (χ4v) is 1.27. The molecular weight excluding hydrogens is 203 g/mol. The molecule has 0 spiro atoms. The van der Waals surface area contributed by atoms with Gasteiger partial charge < -0.3 is 14.6 Å². The normalized spacial score (nSPS) is 12.2. The molecule has 0 aliphatic rings.